The fourth-order valence-corrected chi connectivity index (χ4v) is 5.81. The highest BCUT2D eigenvalue weighted by molar-refractivity contribution is 6.32. The molecule has 0 bridgehead atoms. The first-order chi connectivity index (χ1) is 15.9. The van der Waals surface area contributed by atoms with E-state index in [9.17, 15) is 14.4 Å². The van der Waals surface area contributed by atoms with Crippen LogP contribution in [0, 0.1) is 5.92 Å². The van der Waals surface area contributed by atoms with Gasteiger partial charge in [-0.15, -0.1) is 0 Å². The van der Waals surface area contributed by atoms with Gasteiger partial charge in [-0.25, -0.2) is 4.79 Å². The molecule has 1 spiro atoms. The lowest BCUT2D eigenvalue weighted by Crippen LogP contribution is -2.49. The van der Waals surface area contributed by atoms with Crippen molar-refractivity contribution in [3.8, 4) is 0 Å². The fourth-order valence-electron chi connectivity index (χ4n) is 5.45. The molecule has 172 valence electrons. The molecule has 6 nitrogen and oxygen atoms in total. The molecule has 1 N–H and O–H groups in total. The first-order valence-corrected chi connectivity index (χ1v) is 12.0. The third kappa shape index (κ3) is 3.70. The largest absolute Gasteiger partial charge is 0.334 e. The van der Waals surface area contributed by atoms with Gasteiger partial charge in [-0.1, -0.05) is 60.5 Å². The number of hydrogen-bond acceptors (Lipinski definition) is 3. The van der Waals surface area contributed by atoms with Gasteiger partial charge in [0.25, 0.3) is 5.91 Å². The van der Waals surface area contributed by atoms with Gasteiger partial charge in [0.2, 0.25) is 5.91 Å². The predicted octanol–water partition coefficient (Wildman–Crippen LogP) is 4.25. The van der Waals surface area contributed by atoms with Crippen LogP contribution in [0.5, 0.6) is 0 Å². The molecular formula is C26H28ClN3O3. The van der Waals surface area contributed by atoms with Gasteiger partial charge in [-0.05, 0) is 55.7 Å². The van der Waals surface area contributed by atoms with E-state index in [0.717, 1.165) is 28.9 Å². The third-order valence-electron chi connectivity index (χ3n) is 7.60. The number of carbonyl (C=O) groups is 3. The SMILES string of the molecule is CC(C1CCC1)N(Cc1ccccc1)C(=O)CN1C(=O)NC2(CCc3cccc(Cl)c32)C1=O. The maximum Gasteiger partial charge on any atom is 0.325 e. The lowest BCUT2D eigenvalue weighted by Gasteiger charge is -2.39. The summed E-state index contributed by atoms with van der Waals surface area (Å²) in [6, 6.07) is 14.9. The third-order valence-corrected chi connectivity index (χ3v) is 7.92. The Hall–Kier alpha value is -2.86. The first-order valence-electron chi connectivity index (χ1n) is 11.7. The average Bonchev–Trinajstić information content (AvgIpc) is 3.25. The summed E-state index contributed by atoms with van der Waals surface area (Å²) >= 11 is 6.45. The average molecular weight is 466 g/mol. The molecule has 2 aromatic rings. The standard InChI is InChI=1S/C26H28ClN3O3/c1-17(19-9-5-10-19)29(15-18-7-3-2-4-8-18)22(31)16-30-24(32)26(28-25(30)33)14-13-20-11-6-12-21(27)23(20)26/h2-4,6-8,11-12,17,19H,5,9-10,13-16H2,1H3,(H,28,33). The second-order valence-corrected chi connectivity index (χ2v) is 9.85. The van der Waals surface area contributed by atoms with Gasteiger partial charge in [0.1, 0.15) is 12.1 Å². The smallest absolute Gasteiger partial charge is 0.325 e. The second-order valence-electron chi connectivity index (χ2n) is 9.44. The Morgan fingerprint density at radius 3 is 2.64 bits per heavy atom. The topological polar surface area (TPSA) is 69.7 Å². The summed E-state index contributed by atoms with van der Waals surface area (Å²) in [5, 5.41) is 3.35. The Balaban J connectivity index is 1.39. The van der Waals surface area contributed by atoms with Crippen LogP contribution in [0.1, 0.15) is 49.3 Å². The van der Waals surface area contributed by atoms with E-state index in [1.807, 2.05) is 47.4 Å². The fraction of sp³-hybridized carbons (Fsp3) is 0.423. The zero-order chi connectivity index (χ0) is 23.2. The van der Waals surface area contributed by atoms with Gasteiger partial charge in [0.05, 0.1) is 0 Å². The molecule has 2 atom stereocenters. The van der Waals surface area contributed by atoms with Gasteiger partial charge in [0.15, 0.2) is 0 Å². The number of rotatable bonds is 6. The zero-order valence-electron chi connectivity index (χ0n) is 18.7. The Morgan fingerprint density at radius 2 is 1.94 bits per heavy atom. The van der Waals surface area contributed by atoms with Gasteiger partial charge in [-0.3, -0.25) is 14.5 Å². The predicted molar refractivity (Wildman–Crippen MR) is 125 cm³/mol. The van der Waals surface area contributed by atoms with Crippen LogP contribution in [0.15, 0.2) is 48.5 Å². The minimum absolute atomic E-state index is 0.0443. The van der Waals surface area contributed by atoms with E-state index in [0.29, 0.717) is 35.9 Å². The molecular weight excluding hydrogens is 438 g/mol. The van der Waals surface area contributed by atoms with Crippen LogP contribution in [-0.4, -0.2) is 40.2 Å². The highest BCUT2D eigenvalue weighted by atomic mass is 35.5. The van der Waals surface area contributed by atoms with E-state index in [1.165, 1.54) is 6.42 Å². The summed E-state index contributed by atoms with van der Waals surface area (Å²) in [6.07, 6.45) is 4.48. The van der Waals surface area contributed by atoms with E-state index in [1.54, 1.807) is 6.07 Å². The minimum Gasteiger partial charge on any atom is -0.334 e. The van der Waals surface area contributed by atoms with Crippen molar-refractivity contribution in [2.45, 2.75) is 57.2 Å². The number of carbonyl (C=O) groups excluding carboxylic acids is 3. The molecule has 1 saturated heterocycles. The van der Waals surface area contributed by atoms with Gasteiger partial charge < -0.3 is 10.2 Å². The van der Waals surface area contributed by atoms with Crippen LogP contribution in [0.2, 0.25) is 5.02 Å². The Kier molecular flexibility index (Phi) is 5.65. The van der Waals surface area contributed by atoms with E-state index in [4.69, 9.17) is 11.6 Å². The van der Waals surface area contributed by atoms with Crippen LogP contribution in [0.3, 0.4) is 0 Å². The normalized spacial score (nSPS) is 22.8. The summed E-state index contributed by atoms with van der Waals surface area (Å²) in [7, 11) is 0. The number of aryl methyl sites for hydroxylation is 1. The van der Waals surface area contributed by atoms with E-state index >= 15 is 0 Å². The molecule has 1 heterocycles. The van der Waals surface area contributed by atoms with Crippen LogP contribution in [0.25, 0.3) is 0 Å². The molecule has 2 aliphatic carbocycles. The van der Waals surface area contributed by atoms with Crippen LogP contribution in [-0.2, 0) is 28.1 Å². The van der Waals surface area contributed by atoms with E-state index in [2.05, 4.69) is 12.2 Å². The number of halogens is 1. The first kappa shape index (κ1) is 22.0. The molecule has 1 saturated carbocycles. The van der Waals surface area contributed by atoms with Crippen molar-refractivity contribution in [1.82, 2.24) is 15.1 Å². The van der Waals surface area contributed by atoms with Crippen molar-refractivity contribution in [3.63, 3.8) is 0 Å². The molecule has 3 aliphatic rings. The van der Waals surface area contributed by atoms with Crippen molar-refractivity contribution in [2.24, 2.45) is 5.92 Å². The maximum atomic E-state index is 13.6. The number of nitrogens with one attached hydrogen (secondary N) is 1. The molecule has 4 amide bonds. The van der Waals surface area contributed by atoms with Crippen molar-refractivity contribution in [3.05, 3.63) is 70.2 Å². The van der Waals surface area contributed by atoms with E-state index < -0.39 is 11.6 Å². The summed E-state index contributed by atoms with van der Waals surface area (Å²) in [4.78, 5) is 42.9. The molecule has 2 unspecified atom stereocenters. The highest BCUT2D eigenvalue weighted by Crippen LogP contribution is 2.44. The van der Waals surface area contributed by atoms with E-state index in [-0.39, 0.29) is 24.4 Å². The lowest BCUT2D eigenvalue weighted by atomic mass is 9.79. The number of nitrogens with zero attached hydrogens (tertiary/aromatic N) is 2. The number of imide groups is 1. The Morgan fingerprint density at radius 1 is 1.18 bits per heavy atom. The maximum absolute atomic E-state index is 13.6. The molecule has 33 heavy (non-hydrogen) atoms. The highest BCUT2D eigenvalue weighted by Gasteiger charge is 2.56. The summed E-state index contributed by atoms with van der Waals surface area (Å²) in [5.41, 5.74) is 1.49. The molecule has 1 aliphatic heterocycles. The van der Waals surface area contributed by atoms with Crippen LogP contribution >= 0.6 is 11.6 Å². The number of urea groups is 1. The molecule has 7 heteroatoms. The van der Waals surface area contributed by atoms with Crippen molar-refractivity contribution in [1.29, 1.82) is 0 Å². The van der Waals surface area contributed by atoms with Gasteiger partial charge >= 0.3 is 6.03 Å². The van der Waals surface area contributed by atoms with Gasteiger partial charge in [0, 0.05) is 23.2 Å². The monoisotopic (exact) mass is 465 g/mol. The Labute approximate surface area is 198 Å². The molecule has 2 fully saturated rings. The van der Waals surface area contributed by atoms with Crippen molar-refractivity contribution >= 4 is 29.4 Å². The van der Waals surface area contributed by atoms with Crippen LogP contribution < -0.4 is 5.32 Å². The molecule has 0 radical (unpaired) electrons. The summed E-state index contributed by atoms with van der Waals surface area (Å²) in [5.74, 6) is -0.146. The number of fused-ring (bicyclic) bond motifs is 2. The van der Waals surface area contributed by atoms with Crippen LogP contribution in [0.4, 0.5) is 4.79 Å². The summed E-state index contributed by atoms with van der Waals surface area (Å²) in [6.45, 7) is 2.27. The second kappa shape index (κ2) is 8.49. The minimum atomic E-state index is -1.17. The zero-order valence-corrected chi connectivity index (χ0v) is 19.5. The molecule has 0 aromatic heterocycles. The number of benzene rings is 2. The quantitative estimate of drug-likeness (QED) is 0.648. The summed E-state index contributed by atoms with van der Waals surface area (Å²) < 4.78 is 0. The van der Waals surface area contributed by atoms with Gasteiger partial charge in [-0.2, -0.15) is 0 Å². The number of amides is 4. The molecule has 2 aromatic carbocycles. The molecule has 5 rings (SSSR count). The number of hydrogen-bond donors (Lipinski definition) is 1. The van der Waals surface area contributed by atoms with Crippen molar-refractivity contribution in [2.75, 3.05) is 6.54 Å². The Bertz CT molecular complexity index is 1100. The van der Waals surface area contributed by atoms with Crippen molar-refractivity contribution < 1.29 is 14.4 Å². The lowest BCUT2D eigenvalue weighted by molar-refractivity contribution is -0.142.